The summed E-state index contributed by atoms with van der Waals surface area (Å²) >= 11 is 0. The molecule has 0 aliphatic carbocycles. The van der Waals surface area contributed by atoms with Crippen molar-refractivity contribution in [2.45, 2.75) is 32.6 Å². The van der Waals surface area contributed by atoms with Crippen LogP contribution in [0.1, 0.15) is 32.6 Å². The van der Waals surface area contributed by atoms with Crippen LogP contribution in [-0.4, -0.2) is 6.61 Å². The normalized spacial score (nSPS) is 20.8. The van der Waals surface area contributed by atoms with Gasteiger partial charge in [0.1, 0.15) is 6.10 Å². The van der Waals surface area contributed by atoms with Crippen molar-refractivity contribution >= 4 is 0 Å². The predicted octanol–water partition coefficient (Wildman–Crippen LogP) is 2.93. The molecule has 0 spiro atoms. The maximum Gasteiger partial charge on any atom is 0.103 e. The van der Waals surface area contributed by atoms with Crippen LogP contribution in [0.4, 0.5) is 0 Å². The topological polar surface area (TPSA) is 9.23 Å². The molecule has 1 saturated heterocycles. The van der Waals surface area contributed by atoms with Crippen molar-refractivity contribution in [3.8, 4) is 0 Å². The number of rotatable bonds is 5. The van der Waals surface area contributed by atoms with Crippen LogP contribution >= 0.6 is 0 Å². The van der Waals surface area contributed by atoms with Crippen LogP contribution in [0.5, 0.6) is 0 Å². The van der Waals surface area contributed by atoms with E-state index in [0.717, 1.165) is 13.0 Å². The molecule has 0 aromatic heterocycles. The van der Waals surface area contributed by atoms with Crippen LogP contribution in [0.25, 0.3) is 0 Å². The van der Waals surface area contributed by atoms with E-state index < -0.39 is 0 Å². The van der Waals surface area contributed by atoms with E-state index in [9.17, 15) is 0 Å². The Morgan fingerprint density at radius 2 is 2.45 bits per heavy atom. The smallest absolute Gasteiger partial charge is 0.103 e. The molecule has 1 nitrogen and oxygen atoms in total. The maximum absolute atomic E-state index is 5.37. The molecule has 0 saturated carbocycles. The van der Waals surface area contributed by atoms with Gasteiger partial charge in [-0.05, 0) is 18.8 Å². The minimum atomic E-state index is 0.659. The highest BCUT2D eigenvalue weighted by molar-refractivity contribution is 4.95. The second kappa shape index (κ2) is 4.55. The predicted molar refractivity (Wildman–Crippen MR) is 47.0 cm³/mol. The van der Waals surface area contributed by atoms with E-state index in [1.54, 1.807) is 0 Å². The van der Waals surface area contributed by atoms with E-state index >= 15 is 0 Å². The molecule has 1 rings (SSSR count). The first kappa shape index (κ1) is 8.79. The van der Waals surface area contributed by atoms with Gasteiger partial charge in [0.2, 0.25) is 0 Å². The molecule has 1 atom stereocenters. The summed E-state index contributed by atoms with van der Waals surface area (Å²) in [4.78, 5) is 0. The van der Waals surface area contributed by atoms with E-state index in [2.05, 4.69) is 13.5 Å². The van der Waals surface area contributed by atoms with Crippen LogP contribution in [0.15, 0.2) is 12.7 Å². The molecule has 1 aliphatic rings. The first-order chi connectivity index (χ1) is 5.38. The lowest BCUT2D eigenvalue weighted by atomic mass is 9.89. The first-order valence-electron chi connectivity index (χ1n) is 4.48. The van der Waals surface area contributed by atoms with E-state index in [0.29, 0.717) is 5.92 Å². The molecule has 0 aromatic carbocycles. The molecule has 0 aromatic rings. The molecule has 0 amide bonds. The Kier molecular flexibility index (Phi) is 3.64. The summed E-state index contributed by atoms with van der Waals surface area (Å²) in [6.45, 7) is 6.91. The Morgan fingerprint density at radius 3 is 2.82 bits per heavy atom. The molecule has 1 radical (unpaired) electrons. The summed E-state index contributed by atoms with van der Waals surface area (Å²) < 4.78 is 5.37. The van der Waals surface area contributed by atoms with E-state index in [4.69, 9.17) is 4.74 Å². The monoisotopic (exact) mass is 153 g/mol. The molecule has 0 bridgehead atoms. The number of ether oxygens (including phenoxy) is 1. The van der Waals surface area contributed by atoms with Crippen molar-refractivity contribution in [2.24, 2.45) is 5.92 Å². The largest absolute Gasteiger partial charge is 0.371 e. The van der Waals surface area contributed by atoms with Gasteiger partial charge < -0.3 is 4.74 Å². The molecule has 1 heterocycles. The molecular weight excluding hydrogens is 136 g/mol. The van der Waals surface area contributed by atoms with Crippen molar-refractivity contribution < 1.29 is 4.74 Å². The number of allylic oxidation sites excluding steroid dienone is 1. The third-order valence-electron chi connectivity index (χ3n) is 2.18. The van der Waals surface area contributed by atoms with E-state index in [1.165, 1.54) is 25.4 Å². The Labute approximate surface area is 69.4 Å². The molecule has 1 fully saturated rings. The zero-order valence-electron chi connectivity index (χ0n) is 7.31. The highest BCUT2D eigenvalue weighted by Crippen LogP contribution is 2.33. The standard InChI is InChI=1S/C10H17O/c1-3-5-9(6-4-2)10-7-8-11-10/h3,9H,1,4-8H2,2H3. The minimum absolute atomic E-state index is 0.659. The molecule has 1 heteroatoms. The van der Waals surface area contributed by atoms with Gasteiger partial charge in [-0.15, -0.1) is 6.58 Å². The van der Waals surface area contributed by atoms with Crippen molar-refractivity contribution in [3.63, 3.8) is 0 Å². The fraction of sp³-hybridized carbons (Fsp3) is 0.700. The van der Waals surface area contributed by atoms with Gasteiger partial charge in [0.15, 0.2) is 0 Å². The molecule has 0 N–H and O–H groups in total. The van der Waals surface area contributed by atoms with Gasteiger partial charge in [0.05, 0.1) is 6.61 Å². The Hall–Kier alpha value is -0.300. The lowest BCUT2D eigenvalue weighted by Crippen LogP contribution is -2.26. The lowest BCUT2D eigenvalue weighted by Gasteiger charge is -2.32. The number of hydrogen-bond donors (Lipinski definition) is 0. The average molecular weight is 153 g/mol. The Morgan fingerprint density at radius 1 is 1.73 bits per heavy atom. The molecule has 63 valence electrons. The number of hydrogen-bond acceptors (Lipinski definition) is 1. The van der Waals surface area contributed by atoms with Gasteiger partial charge in [-0.2, -0.15) is 0 Å². The zero-order chi connectivity index (χ0) is 8.10. The highest BCUT2D eigenvalue weighted by atomic mass is 16.5. The fourth-order valence-corrected chi connectivity index (χ4v) is 1.50. The third kappa shape index (κ3) is 2.33. The van der Waals surface area contributed by atoms with E-state index in [-0.39, 0.29) is 0 Å². The molecule has 1 aliphatic heterocycles. The quantitative estimate of drug-likeness (QED) is 0.552. The molecular formula is C10H17O. The Bertz CT molecular complexity index is 116. The van der Waals surface area contributed by atoms with Crippen molar-refractivity contribution in [2.75, 3.05) is 6.61 Å². The van der Waals surface area contributed by atoms with Crippen LogP contribution in [0.2, 0.25) is 0 Å². The van der Waals surface area contributed by atoms with Crippen molar-refractivity contribution in [1.82, 2.24) is 0 Å². The SMILES string of the molecule is C=CCC(CCC)[C]1CCO1. The van der Waals surface area contributed by atoms with Crippen LogP contribution in [0.3, 0.4) is 0 Å². The maximum atomic E-state index is 5.37. The van der Waals surface area contributed by atoms with Crippen molar-refractivity contribution in [3.05, 3.63) is 18.8 Å². The van der Waals surface area contributed by atoms with Crippen molar-refractivity contribution in [1.29, 1.82) is 0 Å². The van der Waals surface area contributed by atoms with Gasteiger partial charge in [-0.1, -0.05) is 19.4 Å². The van der Waals surface area contributed by atoms with Crippen LogP contribution in [-0.2, 0) is 4.74 Å². The first-order valence-corrected chi connectivity index (χ1v) is 4.48. The van der Waals surface area contributed by atoms with E-state index in [1.807, 2.05) is 6.08 Å². The Balaban J connectivity index is 2.24. The summed E-state index contributed by atoms with van der Waals surface area (Å²) in [5.41, 5.74) is 0. The third-order valence-corrected chi connectivity index (χ3v) is 2.18. The second-order valence-corrected chi connectivity index (χ2v) is 3.07. The van der Waals surface area contributed by atoms with Gasteiger partial charge in [-0.25, -0.2) is 0 Å². The highest BCUT2D eigenvalue weighted by Gasteiger charge is 2.27. The zero-order valence-corrected chi connectivity index (χ0v) is 7.31. The summed E-state index contributed by atoms with van der Waals surface area (Å²) in [5.74, 6) is 0.659. The van der Waals surface area contributed by atoms with Crippen LogP contribution < -0.4 is 0 Å². The fourth-order valence-electron chi connectivity index (χ4n) is 1.50. The van der Waals surface area contributed by atoms with Gasteiger partial charge in [0, 0.05) is 6.42 Å². The molecule has 1 unspecified atom stereocenters. The summed E-state index contributed by atoms with van der Waals surface area (Å²) in [7, 11) is 0. The summed E-state index contributed by atoms with van der Waals surface area (Å²) in [5, 5.41) is 0. The summed E-state index contributed by atoms with van der Waals surface area (Å²) in [6.07, 6.45) is 8.07. The van der Waals surface area contributed by atoms with Crippen LogP contribution in [0, 0.1) is 12.0 Å². The molecule has 11 heavy (non-hydrogen) atoms. The van der Waals surface area contributed by atoms with Gasteiger partial charge in [-0.3, -0.25) is 0 Å². The summed E-state index contributed by atoms with van der Waals surface area (Å²) in [6, 6.07) is 0. The average Bonchev–Trinajstić information content (AvgIpc) is 1.85. The lowest BCUT2D eigenvalue weighted by molar-refractivity contribution is 0.00579. The second-order valence-electron chi connectivity index (χ2n) is 3.07. The minimum Gasteiger partial charge on any atom is -0.371 e. The van der Waals surface area contributed by atoms with Gasteiger partial charge in [0.25, 0.3) is 0 Å². The van der Waals surface area contributed by atoms with Gasteiger partial charge >= 0.3 is 0 Å².